The van der Waals surface area contributed by atoms with Gasteiger partial charge in [-0.05, 0) is 19.3 Å². The molecular formula is C12H24N2O3S2. The fourth-order valence-electron chi connectivity index (χ4n) is 2.18. The Bertz CT molecular complexity index is 397. The maximum Gasteiger partial charge on any atom is 0.230 e. The molecule has 0 bridgehead atoms. The van der Waals surface area contributed by atoms with E-state index in [0.717, 1.165) is 12.8 Å². The zero-order chi connectivity index (χ0) is 14.5. The van der Waals surface area contributed by atoms with Crippen molar-refractivity contribution >= 4 is 27.5 Å². The lowest BCUT2D eigenvalue weighted by atomic mass is 9.93. The standard InChI is InChI=1S/C12H24N2O3S2/c1-3-12(4-2,9-13)14-11(15)7-18-10-5-6-19(16,17)8-10/h10H,3-9,13H2,1-2H3,(H,14,15). The highest BCUT2D eigenvalue weighted by atomic mass is 32.2. The first-order valence-corrected chi connectivity index (χ1v) is 9.56. The first kappa shape index (κ1) is 16.8. The molecule has 7 heteroatoms. The Morgan fingerprint density at radius 2 is 2.05 bits per heavy atom. The van der Waals surface area contributed by atoms with Gasteiger partial charge in [-0.1, -0.05) is 13.8 Å². The lowest BCUT2D eigenvalue weighted by Gasteiger charge is -2.31. The predicted molar refractivity (Wildman–Crippen MR) is 80.0 cm³/mol. The molecule has 1 aliphatic rings. The van der Waals surface area contributed by atoms with Crippen LogP contribution in [0.2, 0.25) is 0 Å². The van der Waals surface area contributed by atoms with E-state index in [2.05, 4.69) is 5.32 Å². The molecule has 1 heterocycles. The van der Waals surface area contributed by atoms with E-state index in [-0.39, 0.29) is 28.2 Å². The molecule has 0 radical (unpaired) electrons. The van der Waals surface area contributed by atoms with Crippen LogP contribution in [0.3, 0.4) is 0 Å². The Hall–Kier alpha value is -0.270. The van der Waals surface area contributed by atoms with E-state index >= 15 is 0 Å². The van der Waals surface area contributed by atoms with E-state index in [9.17, 15) is 13.2 Å². The van der Waals surface area contributed by atoms with Gasteiger partial charge >= 0.3 is 0 Å². The van der Waals surface area contributed by atoms with Crippen molar-refractivity contribution in [1.29, 1.82) is 0 Å². The normalized spacial score (nSPS) is 22.4. The second kappa shape index (κ2) is 6.95. The maximum absolute atomic E-state index is 11.9. The van der Waals surface area contributed by atoms with Gasteiger partial charge in [-0.3, -0.25) is 4.79 Å². The van der Waals surface area contributed by atoms with Gasteiger partial charge in [0.25, 0.3) is 0 Å². The number of hydrogen-bond donors (Lipinski definition) is 2. The summed E-state index contributed by atoms with van der Waals surface area (Å²) in [6.45, 7) is 4.44. The number of nitrogens with one attached hydrogen (secondary N) is 1. The smallest absolute Gasteiger partial charge is 0.230 e. The number of sulfone groups is 1. The van der Waals surface area contributed by atoms with Crippen molar-refractivity contribution in [3.05, 3.63) is 0 Å². The monoisotopic (exact) mass is 308 g/mol. The van der Waals surface area contributed by atoms with Gasteiger partial charge in [0.05, 0.1) is 22.8 Å². The van der Waals surface area contributed by atoms with Gasteiger partial charge in [0.15, 0.2) is 9.84 Å². The summed E-state index contributed by atoms with van der Waals surface area (Å²) >= 11 is 1.43. The highest BCUT2D eigenvalue weighted by Gasteiger charge is 2.30. The van der Waals surface area contributed by atoms with E-state index in [1.54, 1.807) is 0 Å². The number of nitrogens with two attached hydrogens (primary N) is 1. The van der Waals surface area contributed by atoms with Crippen molar-refractivity contribution in [3.63, 3.8) is 0 Å². The Balaban J connectivity index is 2.40. The Morgan fingerprint density at radius 1 is 1.42 bits per heavy atom. The Kier molecular flexibility index (Phi) is 6.14. The largest absolute Gasteiger partial charge is 0.349 e. The first-order chi connectivity index (χ1) is 8.86. The number of carbonyl (C=O) groups is 1. The van der Waals surface area contributed by atoms with Crippen LogP contribution in [-0.2, 0) is 14.6 Å². The van der Waals surface area contributed by atoms with Crippen molar-refractivity contribution in [2.75, 3.05) is 23.8 Å². The molecule has 0 spiro atoms. The van der Waals surface area contributed by atoms with E-state index in [0.29, 0.717) is 18.7 Å². The van der Waals surface area contributed by atoms with Crippen LogP contribution in [0.5, 0.6) is 0 Å². The van der Waals surface area contributed by atoms with Crippen molar-refractivity contribution in [3.8, 4) is 0 Å². The molecule has 0 saturated carbocycles. The van der Waals surface area contributed by atoms with Gasteiger partial charge in [0.2, 0.25) is 5.91 Å². The molecule has 1 aliphatic heterocycles. The first-order valence-electron chi connectivity index (χ1n) is 6.69. The molecule has 0 aromatic heterocycles. The van der Waals surface area contributed by atoms with Crippen LogP contribution in [0.25, 0.3) is 0 Å². The van der Waals surface area contributed by atoms with Crippen LogP contribution >= 0.6 is 11.8 Å². The van der Waals surface area contributed by atoms with E-state index < -0.39 is 9.84 Å². The van der Waals surface area contributed by atoms with Crippen LogP contribution in [0.15, 0.2) is 0 Å². The molecule has 19 heavy (non-hydrogen) atoms. The summed E-state index contributed by atoms with van der Waals surface area (Å²) in [5.74, 6) is 0.711. The van der Waals surface area contributed by atoms with Gasteiger partial charge in [-0.2, -0.15) is 0 Å². The van der Waals surface area contributed by atoms with E-state index in [1.807, 2.05) is 13.8 Å². The minimum absolute atomic E-state index is 0.0524. The molecule has 0 aromatic rings. The number of thioether (sulfide) groups is 1. The molecule has 3 N–H and O–H groups in total. The third-order valence-corrected chi connectivity index (χ3v) is 7.07. The summed E-state index contributed by atoms with van der Waals surface area (Å²) in [7, 11) is -2.87. The molecule has 0 aliphatic carbocycles. The predicted octanol–water partition coefficient (Wildman–Crippen LogP) is 0.540. The van der Waals surface area contributed by atoms with Gasteiger partial charge < -0.3 is 11.1 Å². The third-order valence-electron chi connectivity index (χ3n) is 3.79. The highest BCUT2D eigenvalue weighted by molar-refractivity contribution is 8.02. The van der Waals surface area contributed by atoms with Gasteiger partial charge in [0.1, 0.15) is 0 Å². The number of rotatable bonds is 7. The van der Waals surface area contributed by atoms with Crippen molar-refractivity contribution < 1.29 is 13.2 Å². The Morgan fingerprint density at radius 3 is 2.47 bits per heavy atom. The highest BCUT2D eigenvalue weighted by Crippen LogP contribution is 2.24. The summed E-state index contributed by atoms with van der Waals surface area (Å²) in [5, 5.41) is 3.05. The van der Waals surface area contributed by atoms with Crippen LogP contribution < -0.4 is 11.1 Å². The molecular weight excluding hydrogens is 284 g/mol. The average molecular weight is 308 g/mol. The molecule has 1 amide bonds. The zero-order valence-corrected chi connectivity index (χ0v) is 13.3. The summed E-state index contributed by atoms with van der Waals surface area (Å²) in [6, 6.07) is 0. The van der Waals surface area contributed by atoms with E-state index in [4.69, 9.17) is 5.73 Å². The zero-order valence-electron chi connectivity index (χ0n) is 11.6. The molecule has 112 valence electrons. The number of hydrogen-bond acceptors (Lipinski definition) is 5. The van der Waals surface area contributed by atoms with Gasteiger partial charge in [-0.15, -0.1) is 11.8 Å². The van der Waals surface area contributed by atoms with Gasteiger partial charge in [0, 0.05) is 11.8 Å². The fraction of sp³-hybridized carbons (Fsp3) is 0.917. The summed E-state index contributed by atoms with van der Waals surface area (Å²) in [6.07, 6.45) is 2.26. The summed E-state index contributed by atoms with van der Waals surface area (Å²) in [5.41, 5.74) is 5.41. The topological polar surface area (TPSA) is 89.3 Å². The average Bonchev–Trinajstić information content (AvgIpc) is 2.73. The SMILES string of the molecule is CCC(CC)(CN)NC(=O)CSC1CCS(=O)(=O)C1. The summed E-state index contributed by atoms with van der Waals surface area (Å²) in [4.78, 5) is 11.9. The number of carbonyl (C=O) groups excluding carboxylic acids is 1. The molecule has 5 nitrogen and oxygen atoms in total. The molecule has 1 unspecified atom stereocenters. The third kappa shape index (κ3) is 4.96. The second-order valence-electron chi connectivity index (χ2n) is 5.08. The lowest BCUT2D eigenvalue weighted by Crippen LogP contribution is -2.53. The maximum atomic E-state index is 11.9. The second-order valence-corrected chi connectivity index (χ2v) is 8.59. The minimum Gasteiger partial charge on any atom is -0.349 e. The fourth-order valence-corrected chi connectivity index (χ4v) is 5.63. The van der Waals surface area contributed by atoms with Crippen LogP contribution in [0.4, 0.5) is 0 Å². The Labute approximate surface area is 120 Å². The quantitative estimate of drug-likeness (QED) is 0.716. The van der Waals surface area contributed by atoms with Crippen molar-refractivity contribution in [2.24, 2.45) is 5.73 Å². The number of amides is 1. The molecule has 1 fully saturated rings. The van der Waals surface area contributed by atoms with Crippen LogP contribution in [-0.4, -0.2) is 48.9 Å². The van der Waals surface area contributed by atoms with Crippen LogP contribution in [0.1, 0.15) is 33.1 Å². The van der Waals surface area contributed by atoms with Crippen molar-refractivity contribution in [1.82, 2.24) is 5.32 Å². The van der Waals surface area contributed by atoms with E-state index in [1.165, 1.54) is 11.8 Å². The molecule has 1 saturated heterocycles. The van der Waals surface area contributed by atoms with Crippen molar-refractivity contribution in [2.45, 2.75) is 43.9 Å². The van der Waals surface area contributed by atoms with Gasteiger partial charge in [-0.25, -0.2) is 8.42 Å². The van der Waals surface area contributed by atoms with Crippen LogP contribution in [0, 0.1) is 0 Å². The summed E-state index contributed by atoms with van der Waals surface area (Å²) < 4.78 is 22.6. The lowest BCUT2D eigenvalue weighted by molar-refractivity contribution is -0.120. The molecule has 1 atom stereocenters. The molecule has 1 rings (SSSR count). The minimum atomic E-state index is -2.87. The molecule has 0 aromatic carbocycles.